The van der Waals surface area contributed by atoms with Crippen molar-refractivity contribution < 1.29 is 9.47 Å². The Labute approximate surface area is 145 Å². The summed E-state index contributed by atoms with van der Waals surface area (Å²) in [6.45, 7) is 4.89. The Morgan fingerprint density at radius 2 is 1.88 bits per heavy atom. The van der Waals surface area contributed by atoms with Crippen LogP contribution in [-0.4, -0.2) is 31.3 Å². The minimum Gasteiger partial charge on any atom is -0.455 e. The number of nitrogens with one attached hydrogen (secondary N) is 1. The number of aromatic amines is 1. The zero-order valence-corrected chi connectivity index (χ0v) is 14.1. The molecular weight excluding hydrogens is 316 g/mol. The molecule has 3 aromatic rings. The SMILES string of the molecule is Cc1cccc(Oc2cccc3c(=O)cc(N4CCOCC4)[nH]c23)c1. The van der Waals surface area contributed by atoms with Crippen LogP contribution >= 0.6 is 0 Å². The van der Waals surface area contributed by atoms with Crippen molar-refractivity contribution in [2.75, 3.05) is 31.2 Å². The van der Waals surface area contributed by atoms with Gasteiger partial charge in [-0.05, 0) is 36.8 Å². The normalized spacial score (nSPS) is 14.7. The predicted octanol–water partition coefficient (Wildman–Crippen LogP) is 3.47. The Bertz CT molecular complexity index is 959. The number of pyridine rings is 1. The number of nitrogens with zero attached hydrogens (tertiary/aromatic N) is 1. The third-order valence-electron chi connectivity index (χ3n) is 4.38. The number of fused-ring (bicyclic) bond motifs is 1. The first-order chi connectivity index (χ1) is 12.2. The molecule has 128 valence electrons. The summed E-state index contributed by atoms with van der Waals surface area (Å²) in [4.78, 5) is 18.1. The number of rotatable bonds is 3. The number of aryl methyl sites for hydroxylation is 1. The highest BCUT2D eigenvalue weighted by molar-refractivity contribution is 5.86. The van der Waals surface area contributed by atoms with Crippen molar-refractivity contribution in [1.29, 1.82) is 0 Å². The van der Waals surface area contributed by atoms with E-state index >= 15 is 0 Å². The maximum absolute atomic E-state index is 12.6. The summed E-state index contributed by atoms with van der Waals surface area (Å²) < 4.78 is 11.5. The van der Waals surface area contributed by atoms with E-state index < -0.39 is 0 Å². The van der Waals surface area contributed by atoms with Crippen molar-refractivity contribution >= 4 is 16.7 Å². The highest BCUT2D eigenvalue weighted by Crippen LogP contribution is 2.29. The van der Waals surface area contributed by atoms with Crippen molar-refractivity contribution in [3.63, 3.8) is 0 Å². The summed E-state index contributed by atoms with van der Waals surface area (Å²) in [5.74, 6) is 2.21. The highest BCUT2D eigenvalue weighted by atomic mass is 16.5. The monoisotopic (exact) mass is 336 g/mol. The van der Waals surface area contributed by atoms with Gasteiger partial charge in [0.2, 0.25) is 0 Å². The zero-order valence-electron chi connectivity index (χ0n) is 14.1. The minimum atomic E-state index is -0.00932. The molecule has 0 saturated carbocycles. The number of morpholine rings is 1. The lowest BCUT2D eigenvalue weighted by molar-refractivity contribution is 0.122. The Hall–Kier alpha value is -2.79. The summed E-state index contributed by atoms with van der Waals surface area (Å²) in [6.07, 6.45) is 0. The van der Waals surface area contributed by atoms with Crippen LogP contribution in [-0.2, 0) is 4.74 Å². The maximum atomic E-state index is 12.6. The van der Waals surface area contributed by atoms with E-state index in [0.29, 0.717) is 24.3 Å². The van der Waals surface area contributed by atoms with Gasteiger partial charge in [-0.2, -0.15) is 0 Å². The fraction of sp³-hybridized carbons (Fsp3) is 0.250. The molecule has 0 bridgehead atoms. The summed E-state index contributed by atoms with van der Waals surface area (Å²) in [5, 5.41) is 0.627. The van der Waals surface area contributed by atoms with Gasteiger partial charge < -0.3 is 19.4 Å². The largest absolute Gasteiger partial charge is 0.455 e. The van der Waals surface area contributed by atoms with Crippen LogP contribution in [0.5, 0.6) is 11.5 Å². The average Bonchev–Trinajstić information content (AvgIpc) is 2.63. The molecule has 2 aromatic carbocycles. The molecule has 1 aliphatic heterocycles. The molecule has 1 fully saturated rings. The first kappa shape index (κ1) is 15.7. The van der Waals surface area contributed by atoms with E-state index in [0.717, 1.165) is 35.7 Å². The molecule has 1 aliphatic rings. The van der Waals surface area contributed by atoms with Gasteiger partial charge in [0.25, 0.3) is 0 Å². The molecule has 1 aromatic heterocycles. The van der Waals surface area contributed by atoms with Crippen LogP contribution in [0.4, 0.5) is 5.82 Å². The van der Waals surface area contributed by atoms with Gasteiger partial charge in [-0.3, -0.25) is 4.79 Å². The van der Waals surface area contributed by atoms with Crippen LogP contribution in [0.15, 0.2) is 53.3 Å². The fourth-order valence-electron chi connectivity index (χ4n) is 3.10. The van der Waals surface area contributed by atoms with Crippen molar-refractivity contribution in [3.05, 3.63) is 64.3 Å². The van der Waals surface area contributed by atoms with Gasteiger partial charge >= 0.3 is 0 Å². The van der Waals surface area contributed by atoms with Crippen molar-refractivity contribution in [3.8, 4) is 11.5 Å². The molecule has 0 radical (unpaired) electrons. The molecule has 4 rings (SSSR count). The quantitative estimate of drug-likeness (QED) is 0.796. The Kier molecular flexibility index (Phi) is 4.15. The third kappa shape index (κ3) is 3.23. The van der Waals surface area contributed by atoms with Crippen LogP contribution in [0.1, 0.15) is 5.56 Å². The average molecular weight is 336 g/mol. The summed E-state index contributed by atoms with van der Waals surface area (Å²) in [6, 6.07) is 15.1. The first-order valence-electron chi connectivity index (χ1n) is 8.44. The number of ether oxygens (including phenoxy) is 2. The number of para-hydroxylation sites is 1. The number of aromatic nitrogens is 1. The van der Waals surface area contributed by atoms with Gasteiger partial charge in [-0.1, -0.05) is 18.2 Å². The lowest BCUT2D eigenvalue weighted by atomic mass is 10.2. The van der Waals surface area contributed by atoms with Gasteiger partial charge in [-0.25, -0.2) is 0 Å². The number of H-pyrrole nitrogens is 1. The first-order valence-corrected chi connectivity index (χ1v) is 8.44. The smallest absolute Gasteiger partial charge is 0.191 e. The lowest BCUT2D eigenvalue weighted by Crippen LogP contribution is -2.37. The van der Waals surface area contributed by atoms with Crippen LogP contribution < -0.4 is 15.1 Å². The molecule has 0 amide bonds. The number of hydrogen-bond acceptors (Lipinski definition) is 4. The molecule has 0 unspecified atom stereocenters. The second-order valence-corrected chi connectivity index (χ2v) is 6.22. The van der Waals surface area contributed by atoms with Crippen molar-refractivity contribution in [2.45, 2.75) is 6.92 Å². The minimum absolute atomic E-state index is 0.00932. The van der Waals surface area contributed by atoms with E-state index in [-0.39, 0.29) is 5.43 Å². The van der Waals surface area contributed by atoms with E-state index in [1.54, 1.807) is 6.07 Å². The van der Waals surface area contributed by atoms with Crippen molar-refractivity contribution in [2.24, 2.45) is 0 Å². The molecule has 5 nitrogen and oxygen atoms in total. The van der Waals surface area contributed by atoms with E-state index in [1.165, 1.54) is 0 Å². The molecular formula is C20H20N2O3. The highest BCUT2D eigenvalue weighted by Gasteiger charge is 2.15. The van der Waals surface area contributed by atoms with Gasteiger partial charge in [0.15, 0.2) is 11.2 Å². The van der Waals surface area contributed by atoms with E-state index in [1.807, 2.05) is 49.4 Å². The predicted molar refractivity (Wildman–Crippen MR) is 98.9 cm³/mol. The van der Waals surface area contributed by atoms with Gasteiger partial charge in [0.05, 0.1) is 18.7 Å². The molecule has 0 spiro atoms. The lowest BCUT2D eigenvalue weighted by Gasteiger charge is -2.28. The molecule has 0 atom stereocenters. The number of hydrogen-bond donors (Lipinski definition) is 1. The van der Waals surface area contributed by atoms with E-state index in [2.05, 4.69) is 9.88 Å². The molecule has 1 N–H and O–H groups in total. The summed E-state index contributed by atoms with van der Waals surface area (Å²) in [5.41, 5.74) is 1.84. The fourth-order valence-corrected chi connectivity index (χ4v) is 3.10. The van der Waals surface area contributed by atoms with E-state index in [4.69, 9.17) is 9.47 Å². The van der Waals surface area contributed by atoms with Gasteiger partial charge in [-0.15, -0.1) is 0 Å². The van der Waals surface area contributed by atoms with E-state index in [9.17, 15) is 4.79 Å². The second kappa shape index (κ2) is 6.61. The van der Waals surface area contributed by atoms with Crippen LogP contribution in [0.2, 0.25) is 0 Å². The Morgan fingerprint density at radius 1 is 1.08 bits per heavy atom. The molecule has 1 saturated heterocycles. The standard InChI is InChI=1S/C20H20N2O3/c1-14-4-2-5-15(12-14)25-18-7-3-6-16-17(23)13-19(21-20(16)18)22-8-10-24-11-9-22/h2-7,12-13H,8-11H2,1H3,(H,21,23). The Morgan fingerprint density at radius 3 is 2.68 bits per heavy atom. The molecule has 25 heavy (non-hydrogen) atoms. The maximum Gasteiger partial charge on any atom is 0.191 e. The topological polar surface area (TPSA) is 54.6 Å². The Balaban J connectivity index is 1.78. The van der Waals surface area contributed by atoms with Crippen LogP contribution in [0, 0.1) is 6.92 Å². The zero-order chi connectivity index (χ0) is 17.2. The summed E-state index contributed by atoms with van der Waals surface area (Å²) >= 11 is 0. The van der Waals surface area contributed by atoms with Crippen LogP contribution in [0.25, 0.3) is 10.9 Å². The van der Waals surface area contributed by atoms with Crippen LogP contribution in [0.3, 0.4) is 0 Å². The number of anilines is 1. The molecule has 5 heteroatoms. The molecule has 0 aliphatic carbocycles. The summed E-state index contributed by atoms with van der Waals surface area (Å²) in [7, 11) is 0. The number of benzene rings is 2. The van der Waals surface area contributed by atoms with Crippen molar-refractivity contribution in [1.82, 2.24) is 4.98 Å². The van der Waals surface area contributed by atoms with Gasteiger partial charge in [0.1, 0.15) is 11.6 Å². The third-order valence-corrected chi connectivity index (χ3v) is 4.38. The second-order valence-electron chi connectivity index (χ2n) is 6.22. The van der Waals surface area contributed by atoms with Gasteiger partial charge in [0, 0.05) is 24.5 Å². The molecule has 2 heterocycles.